The molecule has 0 atom stereocenters. The summed E-state index contributed by atoms with van der Waals surface area (Å²) in [5, 5.41) is 0. The standard InChI is InChI=1S/C19H39NO2Si/c1-5-6-14-20(19(21)22-16-17-23(2,3)4)15-10-13-18-11-8-7-9-12-18/h18H,5-17H2,1-4H3. The lowest BCUT2D eigenvalue weighted by Gasteiger charge is -2.25. The first kappa shape index (κ1) is 20.5. The van der Waals surface area contributed by atoms with Gasteiger partial charge in [0.05, 0.1) is 6.61 Å². The molecule has 0 heterocycles. The molecule has 0 aromatic heterocycles. The Bertz CT molecular complexity index is 322. The minimum Gasteiger partial charge on any atom is -0.450 e. The van der Waals surface area contributed by atoms with Crippen molar-refractivity contribution in [3.63, 3.8) is 0 Å². The zero-order valence-corrected chi connectivity index (χ0v) is 17.0. The van der Waals surface area contributed by atoms with Crippen LogP contribution in [-0.2, 0) is 4.74 Å². The van der Waals surface area contributed by atoms with Gasteiger partial charge in [-0.05, 0) is 31.2 Å². The Morgan fingerprint density at radius 1 is 1.09 bits per heavy atom. The first-order valence-corrected chi connectivity index (χ1v) is 13.5. The van der Waals surface area contributed by atoms with E-state index in [2.05, 4.69) is 26.6 Å². The molecule has 3 nitrogen and oxygen atoms in total. The molecule has 0 N–H and O–H groups in total. The molecule has 1 rings (SSSR count). The van der Waals surface area contributed by atoms with Crippen LogP contribution in [0, 0.1) is 5.92 Å². The van der Waals surface area contributed by atoms with Gasteiger partial charge in [-0.3, -0.25) is 0 Å². The summed E-state index contributed by atoms with van der Waals surface area (Å²) in [6.07, 6.45) is 11.6. The minimum atomic E-state index is -1.13. The summed E-state index contributed by atoms with van der Waals surface area (Å²) >= 11 is 0. The average Bonchev–Trinajstić information content (AvgIpc) is 2.50. The number of hydrogen-bond acceptors (Lipinski definition) is 2. The molecule has 0 aliphatic heterocycles. The summed E-state index contributed by atoms with van der Waals surface area (Å²) < 4.78 is 5.54. The summed E-state index contributed by atoms with van der Waals surface area (Å²) in [5.41, 5.74) is 0. The van der Waals surface area contributed by atoms with E-state index in [-0.39, 0.29) is 6.09 Å². The SMILES string of the molecule is CCCCN(CCCC1CCCCC1)C(=O)OCC[Si](C)(C)C. The van der Waals surface area contributed by atoms with Crippen molar-refractivity contribution in [1.29, 1.82) is 0 Å². The quantitative estimate of drug-likeness (QED) is 0.461. The molecule has 0 saturated heterocycles. The molecule has 0 radical (unpaired) electrons. The van der Waals surface area contributed by atoms with Gasteiger partial charge in [0.2, 0.25) is 0 Å². The molecule has 0 aromatic carbocycles. The number of rotatable bonds is 10. The number of amides is 1. The van der Waals surface area contributed by atoms with E-state index < -0.39 is 8.07 Å². The lowest BCUT2D eigenvalue weighted by atomic mass is 9.86. The second kappa shape index (κ2) is 11.1. The summed E-state index contributed by atoms with van der Waals surface area (Å²) in [4.78, 5) is 14.3. The second-order valence-corrected chi connectivity index (χ2v) is 14.0. The van der Waals surface area contributed by atoms with Gasteiger partial charge >= 0.3 is 6.09 Å². The molecule has 1 aliphatic rings. The molecule has 1 aliphatic carbocycles. The zero-order valence-electron chi connectivity index (χ0n) is 16.0. The number of unbranched alkanes of at least 4 members (excludes halogenated alkanes) is 1. The number of carbonyl (C=O) groups is 1. The van der Waals surface area contributed by atoms with Gasteiger partial charge in [0.15, 0.2) is 0 Å². The van der Waals surface area contributed by atoms with E-state index in [4.69, 9.17) is 4.74 Å². The summed E-state index contributed by atoms with van der Waals surface area (Å²) in [7, 11) is -1.13. The predicted molar refractivity (Wildman–Crippen MR) is 102 cm³/mol. The van der Waals surface area contributed by atoms with Gasteiger partial charge in [0.1, 0.15) is 0 Å². The maximum absolute atomic E-state index is 12.3. The third-order valence-corrected chi connectivity index (χ3v) is 6.59. The van der Waals surface area contributed by atoms with Crippen LogP contribution in [0.5, 0.6) is 0 Å². The monoisotopic (exact) mass is 341 g/mol. The molecule has 0 bridgehead atoms. The van der Waals surface area contributed by atoms with Crippen LogP contribution in [0.4, 0.5) is 4.79 Å². The largest absolute Gasteiger partial charge is 0.450 e. The Morgan fingerprint density at radius 3 is 2.35 bits per heavy atom. The van der Waals surface area contributed by atoms with Crippen molar-refractivity contribution in [1.82, 2.24) is 4.90 Å². The summed E-state index contributed by atoms with van der Waals surface area (Å²) in [5.74, 6) is 0.902. The molecule has 0 unspecified atom stereocenters. The Hall–Kier alpha value is -0.513. The number of ether oxygens (including phenoxy) is 1. The molecule has 1 fully saturated rings. The molecule has 0 spiro atoms. The number of carbonyl (C=O) groups excluding carboxylic acids is 1. The Balaban J connectivity index is 2.30. The molecule has 1 amide bonds. The van der Waals surface area contributed by atoms with E-state index in [1.807, 2.05) is 4.90 Å². The zero-order chi connectivity index (χ0) is 17.1. The first-order chi connectivity index (χ1) is 10.9. The van der Waals surface area contributed by atoms with Gasteiger partial charge in [0, 0.05) is 21.2 Å². The van der Waals surface area contributed by atoms with Crippen LogP contribution in [0.1, 0.15) is 64.7 Å². The van der Waals surface area contributed by atoms with Crippen LogP contribution >= 0.6 is 0 Å². The molecule has 1 saturated carbocycles. The Morgan fingerprint density at radius 2 is 1.74 bits per heavy atom. The maximum atomic E-state index is 12.3. The summed E-state index contributed by atoms with van der Waals surface area (Å²) in [6.45, 7) is 11.5. The van der Waals surface area contributed by atoms with Crippen molar-refractivity contribution in [2.75, 3.05) is 19.7 Å². The van der Waals surface area contributed by atoms with Crippen molar-refractivity contribution in [2.45, 2.75) is 90.4 Å². The van der Waals surface area contributed by atoms with Crippen LogP contribution < -0.4 is 0 Å². The van der Waals surface area contributed by atoms with Crippen molar-refractivity contribution in [3.8, 4) is 0 Å². The number of hydrogen-bond donors (Lipinski definition) is 0. The van der Waals surface area contributed by atoms with Crippen molar-refractivity contribution >= 4 is 14.2 Å². The lowest BCUT2D eigenvalue weighted by Crippen LogP contribution is -2.35. The molecule has 23 heavy (non-hydrogen) atoms. The van der Waals surface area contributed by atoms with E-state index in [0.717, 1.165) is 44.3 Å². The van der Waals surface area contributed by atoms with E-state index in [0.29, 0.717) is 6.61 Å². The van der Waals surface area contributed by atoms with E-state index >= 15 is 0 Å². The Kier molecular flexibility index (Phi) is 9.92. The highest BCUT2D eigenvalue weighted by atomic mass is 28.3. The first-order valence-electron chi connectivity index (χ1n) is 9.84. The molecule has 136 valence electrons. The average molecular weight is 342 g/mol. The van der Waals surface area contributed by atoms with Crippen LogP contribution in [0.25, 0.3) is 0 Å². The fourth-order valence-corrected chi connectivity index (χ4v) is 3.94. The van der Waals surface area contributed by atoms with E-state index in [1.54, 1.807) is 0 Å². The number of nitrogens with zero attached hydrogens (tertiary/aromatic N) is 1. The lowest BCUT2D eigenvalue weighted by molar-refractivity contribution is 0.105. The van der Waals surface area contributed by atoms with Gasteiger partial charge in [-0.25, -0.2) is 4.79 Å². The Labute approximate surface area is 145 Å². The van der Waals surface area contributed by atoms with Gasteiger partial charge in [-0.2, -0.15) is 0 Å². The second-order valence-electron chi connectivity index (χ2n) is 8.41. The van der Waals surface area contributed by atoms with Gasteiger partial charge in [0.25, 0.3) is 0 Å². The predicted octanol–water partition coefficient (Wildman–Crippen LogP) is 5.92. The van der Waals surface area contributed by atoms with Gasteiger partial charge in [-0.15, -0.1) is 0 Å². The van der Waals surface area contributed by atoms with Crippen LogP contribution in [0.15, 0.2) is 0 Å². The van der Waals surface area contributed by atoms with Crippen LogP contribution in [-0.4, -0.2) is 38.8 Å². The highest BCUT2D eigenvalue weighted by Crippen LogP contribution is 2.27. The topological polar surface area (TPSA) is 29.5 Å². The van der Waals surface area contributed by atoms with Crippen molar-refractivity contribution in [3.05, 3.63) is 0 Å². The van der Waals surface area contributed by atoms with Gasteiger partial charge < -0.3 is 9.64 Å². The highest BCUT2D eigenvalue weighted by Gasteiger charge is 2.19. The molecular weight excluding hydrogens is 302 g/mol. The minimum absolute atomic E-state index is 0.0830. The van der Waals surface area contributed by atoms with Crippen molar-refractivity contribution < 1.29 is 9.53 Å². The molecule has 4 heteroatoms. The fraction of sp³-hybridized carbons (Fsp3) is 0.947. The maximum Gasteiger partial charge on any atom is 0.409 e. The van der Waals surface area contributed by atoms with Crippen molar-refractivity contribution in [2.24, 2.45) is 5.92 Å². The third kappa shape index (κ3) is 10.1. The summed E-state index contributed by atoms with van der Waals surface area (Å²) in [6, 6.07) is 1.06. The molecular formula is C19H39NO2Si. The van der Waals surface area contributed by atoms with Crippen LogP contribution in [0.3, 0.4) is 0 Å². The van der Waals surface area contributed by atoms with E-state index in [1.165, 1.54) is 38.5 Å². The van der Waals surface area contributed by atoms with E-state index in [9.17, 15) is 4.79 Å². The van der Waals surface area contributed by atoms with Crippen LogP contribution in [0.2, 0.25) is 25.7 Å². The smallest absolute Gasteiger partial charge is 0.409 e. The highest BCUT2D eigenvalue weighted by molar-refractivity contribution is 6.76. The fourth-order valence-electron chi connectivity index (χ4n) is 3.23. The molecule has 0 aromatic rings. The normalized spacial score (nSPS) is 16.3. The third-order valence-electron chi connectivity index (χ3n) is 4.88. The van der Waals surface area contributed by atoms with Gasteiger partial charge in [-0.1, -0.05) is 65.1 Å².